The van der Waals surface area contributed by atoms with E-state index in [1.54, 1.807) is 4.90 Å². The maximum Gasteiger partial charge on any atom is 0.240 e. The van der Waals surface area contributed by atoms with E-state index in [-0.39, 0.29) is 5.91 Å². The number of likely N-dealkylation sites (tertiary alicyclic amines) is 1. The molecule has 2 heterocycles. The number of hydrogen-bond acceptors (Lipinski definition) is 5. The van der Waals surface area contributed by atoms with E-state index in [4.69, 9.17) is 4.74 Å². The molecule has 7 heteroatoms. The number of morpholine rings is 1. The molecule has 0 bridgehead atoms. The highest BCUT2D eigenvalue weighted by atomic mass is 32.2. The molecule has 0 radical (unpaired) electrons. The molecule has 1 amide bonds. The van der Waals surface area contributed by atoms with Crippen molar-refractivity contribution in [3.8, 4) is 0 Å². The Morgan fingerprint density at radius 1 is 1.29 bits per heavy atom. The third kappa shape index (κ3) is 3.76. The Labute approximate surface area is 127 Å². The molecule has 21 heavy (non-hydrogen) atoms. The van der Waals surface area contributed by atoms with E-state index < -0.39 is 15.1 Å². The van der Waals surface area contributed by atoms with Crippen LogP contribution in [-0.2, 0) is 19.4 Å². The van der Waals surface area contributed by atoms with Gasteiger partial charge >= 0.3 is 0 Å². The number of carbonyl (C=O) groups excluding carboxylic acids is 1. The number of sulfone groups is 1. The number of carbonyl (C=O) groups is 1. The highest BCUT2D eigenvalue weighted by Crippen LogP contribution is 2.26. The summed E-state index contributed by atoms with van der Waals surface area (Å²) >= 11 is 0. The Hall–Kier alpha value is -0.660. The monoisotopic (exact) mass is 318 g/mol. The van der Waals surface area contributed by atoms with E-state index in [1.165, 1.54) is 6.92 Å². The van der Waals surface area contributed by atoms with Crippen molar-refractivity contribution >= 4 is 15.7 Å². The molecule has 3 atom stereocenters. The van der Waals surface area contributed by atoms with Gasteiger partial charge in [0.1, 0.15) is 5.25 Å². The van der Waals surface area contributed by atoms with Crippen LogP contribution in [0.5, 0.6) is 0 Å². The highest BCUT2D eigenvalue weighted by Gasteiger charge is 2.40. The van der Waals surface area contributed by atoms with Crippen LogP contribution in [0, 0.1) is 5.92 Å². The summed E-state index contributed by atoms with van der Waals surface area (Å²) < 4.78 is 28.6. The van der Waals surface area contributed by atoms with Gasteiger partial charge in [-0.3, -0.25) is 9.69 Å². The topological polar surface area (TPSA) is 66.9 Å². The van der Waals surface area contributed by atoms with E-state index in [2.05, 4.69) is 11.8 Å². The fraction of sp³-hybridized carbons (Fsp3) is 0.929. The first-order valence-corrected chi connectivity index (χ1v) is 9.59. The number of ether oxygens (including phenoxy) is 1. The second-order valence-corrected chi connectivity index (χ2v) is 8.47. The van der Waals surface area contributed by atoms with Crippen molar-refractivity contribution in [3.63, 3.8) is 0 Å². The minimum Gasteiger partial charge on any atom is -0.379 e. The maximum absolute atomic E-state index is 12.4. The first-order chi connectivity index (χ1) is 9.84. The average molecular weight is 318 g/mol. The van der Waals surface area contributed by atoms with Gasteiger partial charge in [0, 0.05) is 38.5 Å². The second-order valence-electron chi connectivity index (χ2n) is 6.10. The third-order valence-corrected chi connectivity index (χ3v) is 6.23. The zero-order valence-corrected chi connectivity index (χ0v) is 13.9. The summed E-state index contributed by atoms with van der Waals surface area (Å²) in [6.07, 6.45) is 2.13. The molecule has 2 saturated heterocycles. The first-order valence-electron chi connectivity index (χ1n) is 7.64. The lowest BCUT2D eigenvalue weighted by Gasteiger charge is -2.34. The summed E-state index contributed by atoms with van der Waals surface area (Å²) in [6.45, 7) is 8.18. The standard InChI is InChI=1S/C14H26N2O4S/c1-4-12-9-16(14(17)11(2)21(3,18)19)10-13(12)15-5-7-20-8-6-15/h11-13H,4-10H2,1-3H3. The van der Waals surface area contributed by atoms with Crippen LogP contribution in [0.25, 0.3) is 0 Å². The predicted octanol–water partition coefficient (Wildman–Crippen LogP) is -0.0113. The van der Waals surface area contributed by atoms with Crippen LogP contribution in [0.1, 0.15) is 20.3 Å². The molecule has 2 aliphatic rings. The van der Waals surface area contributed by atoms with Crippen molar-refractivity contribution in [2.24, 2.45) is 5.92 Å². The van der Waals surface area contributed by atoms with Gasteiger partial charge in [0.05, 0.1) is 13.2 Å². The molecule has 2 rings (SSSR count). The van der Waals surface area contributed by atoms with Crippen molar-refractivity contribution in [2.75, 3.05) is 45.6 Å². The Morgan fingerprint density at radius 2 is 1.90 bits per heavy atom. The Bertz CT molecular complexity index is 473. The zero-order valence-electron chi connectivity index (χ0n) is 13.1. The number of amides is 1. The van der Waals surface area contributed by atoms with Crippen LogP contribution in [-0.4, -0.2) is 81.1 Å². The van der Waals surface area contributed by atoms with Crippen LogP contribution < -0.4 is 0 Å². The molecule has 0 spiro atoms. The molecule has 122 valence electrons. The van der Waals surface area contributed by atoms with Gasteiger partial charge in [0.2, 0.25) is 5.91 Å². The van der Waals surface area contributed by atoms with E-state index >= 15 is 0 Å². The predicted molar refractivity (Wildman–Crippen MR) is 80.8 cm³/mol. The number of rotatable bonds is 4. The van der Waals surface area contributed by atoms with Gasteiger partial charge in [-0.1, -0.05) is 13.3 Å². The second kappa shape index (κ2) is 6.62. The summed E-state index contributed by atoms with van der Waals surface area (Å²) in [5.41, 5.74) is 0. The molecule has 0 aromatic rings. The van der Waals surface area contributed by atoms with E-state index in [1.807, 2.05) is 0 Å². The smallest absolute Gasteiger partial charge is 0.240 e. The molecule has 0 saturated carbocycles. The summed E-state index contributed by atoms with van der Waals surface area (Å²) in [5, 5.41) is -0.946. The third-order valence-electron chi connectivity index (χ3n) is 4.75. The molecule has 2 fully saturated rings. The van der Waals surface area contributed by atoms with Gasteiger partial charge in [0.15, 0.2) is 9.84 Å². The number of nitrogens with zero attached hydrogens (tertiary/aromatic N) is 2. The van der Waals surface area contributed by atoms with E-state index in [0.29, 0.717) is 25.0 Å². The van der Waals surface area contributed by atoms with Crippen molar-refractivity contribution in [3.05, 3.63) is 0 Å². The Kier molecular flexibility index (Phi) is 5.27. The van der Waals surface area contributed by atoms with Gasteiger partial charge in [-0.2, -0.15) is 0 Å². The SMILES string of the molecule is CCC1CN(C(=O)C(C)S(C)(=O)=O)CC1N1CCOCC1. The lowest BCUT2D eigenvalue weighted by Crippen LogP contribution is -2.48. The minimum atomic E-state index is -3.33. The molecule has 2 aliphatic heterocycles. The van der Waals surface area contributed by atoms with E-state index in [9.17, 15) is 13.2 Å². The van der Waals surface area contributed by atoms with Gasteiger partial charge in [0.25, 0.3) is 0 Å². The zero-order chi connectivity index (χ0) is 15.6. The van der Waals surface area contributed by atoms with Crippen LogP contribution >= 0.6 is 0 Å². The summed E-state index contributed by atoms with van der Waals surface area (Å²) in [4.78, 5) is 16.5. The molecular formula is C14H26N2O4S. The van der Waals surface area contributed by atoms with Gasteiger partial charge < -0.3 is 9.64 Å². The van der Waals surface area contributed by atoms with Crippen LogP contribution in [0.2, 0.25) is 0 Å². The normalized spacial score (nSPS) is 29.6. The molecule has 0 aromatic carbocycles. The molecule has 0 N–H and O–H groups in total. The summed E-state index contributed by atoms with van der Waals surface area (Å²) in [6, 6.07) is 0.328. The van der Waals surface area contributed by atoms with Crippen molar-refractivity contribution in [2.45, 2.75) is 31.6 Å². The van der Waals surface area contributed by atoms with E-state index in [0.717, 1.165) is 39.0 Å². The lowest BCUT2D eigenvalue weighted by atomic mass is 9.99. The fourth-order valence-corrected chi connectivity index (χ4v) is 3.71. The Morgan fingerprint density at radius 3 is 2.43 bits per heavy atom. The number of hydrogen-bond donors (Lipinski definition) is 0. The first kappa shape index (κ1) is 16.7. The molecule has 0 aromatic heterocycles. The Balaban J connectivity index is 2.05. The summed E-state index contributed by atoms with van der Waals surface area (Å²) in [5.74, 6) is 0.158. The fourth-order valence-electron chi connectivity index (χ4n) is 3.20. The van der Waals surface area contributed by atoms with Gasteiger partial charge in [-0.05, 0) is 12.8 Å². The molecule has 3 unspecified atom stereocenters. The molecule has 6 nitrogen and oxygen atoms in total. The van der Waals surface area contributed by atoms with Crippen molar-refractivity contribution in [1.29, 1.82) is 0 Å². The van der Waals surface area contributed by atoms with Crippen LogP contribution in [0.15, 0.2) is 0 Å². The minimum absolute atomic E-state index is 0.258. The summed E-state index contributed by atoms with van der Waals surface area (Å²) in [7, 11) is -3.33. The highest BCUT2D eigenvalue weighted by molar-refractivity contribution is 7.92. The molecular weight excluding hydrogens is 292 g/mol. The maximum atomic E-state index is 12.4. The van der Waals surface area contributed by atoms with Crippen molar-refractivity contribution < 1.29 is 17.9 Å². The van der Waals surface area contributed by atoms with Crippen LogP contribution in [0.4, 0.5) is 0 Å². The van der Waals surface area contributed by atoms with Gasteiger partial charge in [-0.25, -0.2) is 8.42 Å². The molecule has 0 aliphatic carbocycles. The van der Waals surface area contributed by atoms with Gasteiger partial charge in [-0.15, -0.1) is 0 Å². The van der Waals surface area contributed by atoms with Crippen LogP contribution in [0.3, 0.4) is 0 Å². The van der Waals surface area contributed by atoms with Crippen molar-refractivity contribution in [1.82, 2.24) is 9.80 Å². The largest absolute Gasteiger partial charge is 0.379 e. The quantitative estimate of drug-likeness (QED) is 0.729. The lowest BCUT2D eigenvalue weighted by molar-refractivity contribution is -0.129. The average Bonchev–Trinajstić information content (AvgIpc) is 2.90.